The average Bonchev–Trinajstić information content (AvgIpc) is 2.94. The Bertz CT molecular complexity index is 596. The Morgan fingerprint density at radius 2 is 1.80 bits per heavy atom. The molecule has 7 heteroatoms. The van der Waals surface area contributed by atoms with Gasteiger partial charge < -0.3 is 9.31 Å². The zero-order chi connectivity index (χ0) is 14.4. The van der Waals surface area contributed by atoms with Gasteiger partial charge in [0.15, 0.2) is 5.82 Å². The molecule has 3 heterocycles. The molecule has 0 aromatic carbocycles. The van der Waals surface area contributed by atoms with E-state index in [1.54, 1.807) is 10.9 Å². The van der Waals surface area contributed by atoms with Crippen molar-refractivity contribution in [1.29, 1.82) is 0 Å². The molecule has 0 N–H and O–H groups in total. The van der Waals surface area contributed by atoms with Gasteiger partial charge in [-0.1, -0.05) is 0 Å². The van der Waals surface area contributed by atoms with Crippen LogP contribution in [0.5, 0.6) is 0 Å². The molecule has 1 saturated heterocycles. The summed E-state index contributed by atoms with van der Waals surface area (Å²) in [6.45, 7) is 8.08. The van der Waals surface area contributed by atoms with Crippen LogP contribution in [0.25, 0.3) is 5.82 Å². The van der Waals surface area contributed by atoms with Crippen LogP contribution in [0.3, 0.4) is 0 Å². The van der Waals surface area contributed by atoms with Gasteiger partial charge in [-0.05, 0) is 45.9 Å². The maximum absolute atomic E-state index is 5.97. The highest BCUT2D eigenvalue weighted by molar-refractivity contribution is 6.61. The van der Waals surface area contributed by atoms with E-state index in [0.717, 1.165) is 5.59 Å². The molecule has 104 valence electrons. The molecular formula is C13H17BN4O2. The molecule has 0 aliphatic carbocycles. The van der Waals surface area contributed by atoms with Crippen LogP contribution >= 0.6 is 0 Å². The van der Waals surface area contributed by atoms with E-state index in [0.29, 0.717) is 5.82 Å². The highest BCUT2D eigenvalue weighted by Crippen LogP contribution is 2.36. The molecule has 0 bridgehead atoms. The third-order valence-electron chi connectivity index (χ3n) is 3.90. The minimum absolute atomic E-state index is 0.367. The number of hydrogen-bond donors (Lipinski definition) is 0. The van der Waals surface area contributed by atoms with Crippen LogP contribution < -0.4 is 5.59 Å². The summed E-state index contributed by atoms with van der Waals surface area (Å²) >= 11 is 0. The molecule has 0 atom stereocenters. The zero-order valence-electron chi connectivity index (χ0n) is 12.1. The summed E-state index contributed by atoms with van der Waals surface area (Å²) in [6.07, 6.45) is 3.45. The molecule has 3 rings (SSSR count). The van der Waals surface area contributed by atoms with Crippen molar-refractivity contribution < 1.29 is 9.31 Å². The molecule has 1 aliphatic heterocycles. The minimum Gasteiger partial charge on any atom is -0.398 e. The normalized spacial score (nSPS) is 20.3. The molecule has 20 heavy (non-hydrogen) atoms. The van der Waals surface area contributed by atoms with E-state index in [-0.39, 0.29) is 11.2 Å². The molecular weight excluding hydrogens is 255 g/mol. The summed E-state index contributed by atoms with van der Waals surface area (Å²) < 4.78 is 13.6. The van der Waals surface area contributed by atoms with Crippen LogP contribution in [0.2, 0.25) is 0 Å². The maximum atomic E-state index is 5.97. The smallest absolute Gasteiger partial charge is 0.398 e. The van der Waals surface area contributed by atoms with Gasteiger partial charge in [-0.15, -0.1) is 5.10 Å². The first-order valence-electron chi connectivity index (χ1n) is 6.58. The Balaban J connectivity index is 1.86. The monoisotopic (exact) mass is 272 g/mol. The van der Waals surface area contributed by atoms with E-state index < -0.39 is 7.12 Å². The predicted octanol–water partition coefficient (Wildman–Crippen LogP) is 0.961. The standard InChI is InChI=1S/C13H17BN4O2/c1-12(2)13(3,4)20-14(19-12)10-7-9-18(17-10)11-6-5-8-15-16-11/h5-9H,1-4H3. The molecule has 2 aromatic heterocycles. The molecule has 1 fully saturated rings. The van der Waals surface area contributed by atoms with Gasteiger partial charge in [-0.25, -0.2) is 4.68 Å². The lowest BCUT2D eigenvalue weighted by atomic mass is 9.85. The van der Waals surface area contributed by atoms with E-state index in [2.05, 4.69) is 15.3 Å². The first-order valence-corrected chi connectivity index (χ1v) is 6.58. The number of rotatable bonds is 2. The van der Waals surface area contributed by atoms with Crippen LogP contribution in [0, 0.1) is 0 Å². The molecule has 2 aromatic rings. The molecule has 0 unspecified atom stereocenters. The van der Waals surface area contributed by atoms with Gasteiger partial charge in [0.25, 0.3) is 0 Å². The maximum Gasteiger partial charge on any atom is 0.516 e. The topological polar surface area (TPSA) is 62.1 Å². The first kappa shape index (κ1) is 13.3. The summed E-state index contributed by atoms with van der Waals surface area (Å²) in [5, 5.41) is 12.3. The predicted molar refractivity (Wildman–Crippen MR) is 74.9 cm³/mol. The minimum atomic E-state index is -0.460. The van der Waals surface area contributed by atoms with Crippen molar-refractivity contribution in [3.05, 3.63) is 30.6 Å². The number of aromatic nitrogens is 4. The van der Waals surface area contributed by atoms with E-state index in [9.17, 15) is 0 Å². The Morgan fingerprint density at radius 1 is 1.10 bits per heavy atom. The SMILES string of the molecule is CC1(C)OB(c2ccn(-c3cccnn3)n2)OC1(C)C. The second kappa shape index (κ2) is 4.39. The van der Waals surface area contributed by atoms with E-state index in [1.807, 2.05) is 52.1 Å². The van der Waals surface area contributed by atoms with Crippen molar-refractivity contribution in [3.63, 3.8) is 0 Å². The van der Waals surface area contributed by atoms with Crippen molar-refractivity contribution in [2.75, 3.05) is 0 Å². The fourth-order valence-electron chi connectivity index (χ4n) is 1.97. The Morgan fingerprint density at radius 3 is 2.40 bits per heavy atom. The second-order valence-corrected chi connectivity index (χ2v) is 5.86. The van der Waals surface area contributed by atoms with Crippen molar-refractivity contribution in [2.24, 2.45) is 0 Å². The highest BCUT2D eigenvalue weighted by Gasteiger charge is 2.52. The molecule has 0 radical (unpaired) electrons. The summed E-state index contributed by atoms with van der Waals surface area (Å²) in [7, 11) is -0.460. The Labute approximate surface area is 118 Å². The third kappa shape index (κ3) is 2.12. The van der Waals surface area contributed by atoms with Gasteiger partial charge in [-0.2, -0.15) is 10.2 Å². The lowest BCUT2D eigenvalue weighted by Crippen LogP contribution is -2.41. The molecule has 0 saturated carbocycles. The number of hydrogen-bond acceptors (Lipinski definition) is 5. The zero-order valence-corrected chi connectivity index (χ0v) is 12.1. The van der Waals surface area contributed by atoms with Gasteiger partial charge >= 0.3 is 7.12 Å². The van der Waals surface area contributed by atoms with Crippen molar-refractivity contribution >= 4 is 12.7 Å². The number of nitrogens with zero attached hydrogens (tertiary/aromatic N) is 4. The fraction of sp³-hybridized carbons (Fsp3) is 0.462. The van der Waals surface area contributed by atoms with E-state index in [4.69, 9.17) is 9.31 Å². The summed E-state index contributed by atoms with van der Waals surface area (Å²) in [5.74, 6) is 0.662. The highest BCUT2D eigenvalue weighted by atomic mass is 16.7. The summed E-state index contributed by atoms with van der Waals surface area (Å²) in [4.78, 5) is 0. The molecule has 1 aliphatic rings. The van der Waals surface area contributed by atoms with Crippen LogP contribution in [0.15, 0.2) is 30.6 Å². The summed E-state index contributed by atoms with van der Waals surface area (Å²) in [6, 6.07) is 5.53. The van der Waals surface area contributed by atoms with Gasteiger partial charge in [0.2, 0.25) is 0 Å². The van der Waals surface area contributed by atoms with Crippen LogP contribution in [-0.2, 0) is 9.31 Å². The van der Waals surface area contributed by atoms with Gasteiger partial charge in [0, 0.05) is 12.4 Å². The van der Waals surface area contributed by atoms with Crippen molar-refractivity contribution in [2.45, 2.75) is 38.9 Å². The average molecular weight is 272 g/mol. The van der Waals surface area contributed by atoms with Crippen molar-refractivity contribution in [1.82, 2.24) is 20.0 Å². The Hall–Kier alpha value is -1.73. The first-order chi connectivity index (χ1) is 9.39. The molecule has 6 nitrogen and oxygen atoms in total. The Kier molecular flexibility index (Phi) is 2.91. The lowest BCUT2D eigenvalue weighted by molar-refractivity contribution is 0.00578. The van der Waals surface area contributed by atoms with E-state index in [1.165, 1.54) is 0 Å². The largest absolute Gasteiger partial charge is 0.516 e. The lowest BCUT2D eigenvalue weighted by Gasteiger charge is -2.32. The van der Waals surface area contributed by atoms with Crippen LogP contribution in [-0.4, -0.2) is 38.3 Å². The second-order valence-electron chi connectivity index (χ2n) is 5.86. The summed E-state index contributed by atoms with van der Waals surface area (Å²) in [5.41, 5.74) is -0.00329. The van der Waals surface area contributed by atoms with Crippen LogP contribution in [0.1, 0.15) is 27.7 Å². The van der Waals surface area contributed by atoms with Gasteiger partial charge in [0.05, 0.1) is 16.8 Å². The van der Waals surface area contributed by atoms with Gasteiger partial charge in [0.1, 0.15) is 0 Å². The van der Waals surface area contributed by atoms with E-state index >= 15 is 0 Å². The van der Waals surface area contributed by atoms with Gasteiger partial charge in [-0.3, -0.25) is 0 Å². The van der Waals surface area contributed by atoms with Crippen LogP contribution in [0.4, 0.5) is 0 Å². The third-order valence-corrected chi connectivity index (χ3v) is 3.90. The fourth-order valence-corrected chi connectivity index (χ4v) is 1.97. The molecule has 0 spiro atoms. The van der Waals surface area contributed by atoms with Crippen molar-refractivity contribution in [3.8, 4) is 5.82 Å². The molecule has 0 amide bonds. The quantitative estimate of drug-likeness (QED) is 0.762.